The molecule has 0 aliphatic rings. The normalized spacial score (nSPS) is 12.8. The average Bonchev–Trinajstić information content (AvgIpc) is 3.46. The van der Waals surface area contributed by atoms with Crippen molar-refractivity contribution in [3.05, 3.63) is 109 Å². The highest BCUT2D eigenvalue weighted by atomic mass is 16.6. The van der Waals surface area contributed by atoms with Crippen molar-refractivity contribution in [2.45, 2.75) is 329 Å². The summed E-state index contributed by atoms with van der Waals surface area (Å²) in [5, 5.41) is 0. The minimum atomic E-state index is -0.795. The Morgan fingerprint density at radius 2 is 0.487 bits per heavy atom. The maximum absolute atomic E-state index is 12.9. The predicted molar refractivity (Wildman–Crippen MR) is 348 cm³/mol. The van der Waals surface area contributed by atoms with E-state index in [1.165, 1.54) is 173 Å². The number of unbranched alkanes of at least 4 members (excludes halogenated alkanes) is 32. The van der Waals surface area contributed by atoms with Crippen molar-refractivity contribution >= 4 is 17.9 Å². The lowest BCUT2D eigenvalue weighted by molar-refractivity contribution is -0.167. The molecule has 6 heteroatoms. The number of allylic oxidation sites excluding steroid dienone is 18. The molecule has 0 saturated heterocycles. The van der Waals surface area contributed by atoms with E-state index in [2.05, 4.69) is 130 Å². The third kappa shape index (κ3) is 64.9. The molecule has 0 aromatic heterocycles. The summed E-state index contributed by atoms with van der Waals surface area (Å²) in [5.74, 6) is -0.931. The number of rotatable bonds is 61. The van der Waals surface area contributed by atoms with E-state index in [1.54, 1.807) is 0 Å². The Morgan fingerprint density at radius 1 is 0.263 bits per heavy atom. The first-order valence-corrected chi connectivity index (χ1v) is 33.9. The molecule has 458 valence electrons. The van der Waals surface area contributed by atoms with E-state index in [-0.39, 0.29) is 31.1 Å². The van der Waals surface area contributed by atoms with Crippen molar-refractivity contribution in [1.82, 2.24) is 0 Å². The van der Waals surface area contributed by atoms with Crippen LogP contribution < -0.4 is 0 Å². The zero-order valence-electron chi connectivity index (χ0n) is 52.6. The number of ether oxygens (including phenoxy) is 3. The van der Waals surface area contributed by atoms with Crippen molar-refractivity contribution in [3.8, 4) is 0 Å². The van der Waals surface area contributed by atoms with Crippen LogP contribution in [0.15, 0.2) is 109 Å². The quantitative estimate of drug-likeness (QED) is 0.0261. The van der Waals surface area contributed by atoms with Gasteiger partial charge < -0.3 is 14.2 Å². The van der Waals surface area contributed by atoms with Gasteiger partial charge >= 0.3 is 17.9 Å². The smallest absolute Gasteiger partial charge is 0.306 e. The van der Waals surface area contributed by atoms with Crippen molar-refractivity contribution in [2.75, 3.05) is 13.2 Å². The molecule has 0 radical (unpaired) electrons. The number of esters is 3. The fourth-order valence-corrected chi connectivity index (χ4v) is 9.45. The fraction of sp³-hybridized carbons (Fsp3) is 0.716. The van der Waals surface area contributed by atoms with Gasteiger partial charge in [-0.1, -0.05) is 304 Å². The molecule has 0 saturated carbocycles. The summed E-state index contributed by atoms with van der Waals surface area (Å²) in [7, 11) is 0. The molecular formula is C74H126O6. The van der Waals surface area contributed by atoms with Gasteiger partial charge in [-0.15, -0.1) is 0 Å². The minimum absolute atomic E-state index is 0.0902. The van der Waals surface area contributed by atoms with Crippen LogP contribution in [0.3, 0.4) is 0 Å². The lowest BCUT2D eigenvalue weighted by Gasteiger charge is -2.18. The van der Waals surface area contributed by atoms with Crippen LogP contribution in [0.4, 0.5) is 0 Å². The second-order valence-corrected chi connectivity index (χ2v) is 22.4. The first kappa shape index (κ1) is 76.1. The molecule has 1 unspecified atom stereocenters. The van der Waals surface area contributed by atoms with Gasteiger partial charge in [0.05, 0.1) is 0 Å². The molecule has 0 aromatic rings. The second-order valence-electron chi connectivity index (χ2n) is 22.4. The highest BCUT2D eigenvalue weighted by Crippen LogP contribution is 2.17. The Kier molecular flexibility index (Phi) is 64.3. The van der Waals surface area contributed by atoms with E-state index in [1.807, 2.05) is 0 Å². The zero-order chi connectivity index (χ0) is 57.8. The lowest BCUT2D eigenvalue weighted by atomic mass is 10.0. The molecular weight excluding hydrogens is 985 g/mol. The minimum Gasteiger partial charge on any atom is -0.462 e. The lowest BCUT2D eigenvalue weighted by Crippen LogP contribution is -2.30. The molecule has 80 heavy (non-hydrogen) atoms. The Balaban J connectivity index is 4.23. The van der Waals surface area contributed by atoms with Crippen LogP contribution in [-0.2, 0) is 28.6 Å². The summed E-state index contributed by atoms with van der Waals surface area (Å²) in [6.45, 7) is 6.49. The van der Waals surface area contributed by atoms with Gasteiger partial charge in [0, 0.05) is 19.3 Å². The van der Waals surface area contributed by atoms with E-state index in [0.29, 0.717) is 19.3 Å². The van der Waals surface area contributed by atoms with Gasteiger partial charge in [0.2, 0.25) is 0 Å². The summed E-state index contributed by atoms with van der Waals surface area (Å²) in [6.07, 6.45) is 92.8. The van der Waals surface area contributed by atoms with Gasteiger partial charge in [0.15, 0.2) is 6.10 Å². The molecule has 0 spiro atoms. The van der Waals surface area contributed by atoms with E-state index in [0.717, 1.165) is 109 Å². The predicted octanol–water partition coefficient (Wildman–Crippen LogP) is 23.4. The first-order chi connectivity index (χ1) is 39.5. The third-order valence-electron chi connectivity index (χ3n) is 14.5. The van der Waals surface area contributed by atoms with Gasteiger partial charge in [0.1, 0.15) is 13.2 Å². The van der Waals surface area contributed by atoms with Gasteiger partial charge in [0.25, 0.3) is 0 Å². The number of hydrogen-bond acceptors (Lipinski definition) is 6. The molecule has 1 atom stereocenters. The van der Waals surface area contributed by atoms with Crippen LogP contribution in [0, 0.1) is 0 Å². The van der Waals surface area contributed by atoms with E-state index < -0.39 is 6.10 Å². The Morgan fingerprint density at radius 3 is 0.800 bits per heavy atom. The number of carbonyl (C=O) groups is 3. The summed E-state index contributed by atoms with van der Waals surface area (Å²) in [4.78, 5) is 38.2. The topological polar surface area (TPSA) is 78.9 Å². The molecule has 0 fully saturated rings. The van der Waals surface area contributed by atoms with Crippen LogP contribution in [0.1, 0.15) is 323 Å². The molecule has 0 heterocycles. The van der Waals surface area contributed by atoms with Crippen LogP contribution in [0.25, 0.3) is 0 Å². The van der Waals surface area contributed by atoms with Crippen LogP contribution in [0.2, 0.25) is 0 Å². The van der Waals surface area contributed by atoms with E-state index >= 15 is 0 Å². The van der Waals surface area contributed by atoms with Crippen molar-refractivity contribution in [3.63, 3.8) is 0 Å². The molecule has 6 nitrogen and oxygen atoms in total. The Bertz CT molecular complexity index is 1610. The monoisotopic (exact) mass is 1110 g/mol. The first-order valence-electron chi connectivity index (χ1n) is 33.9. The zero-order valence-corrected chi connectivity index (χ0v) is 52.6. The summed E-state index contributed by atoms with van der Waals surface area (Å²) >= 11 is 0. The maximum atomic E-state index is 12.9. The number of carbonyl (C=O) groups excluding carboxylic acids is 3. The van der Waals surface area contributed by atoms with Gasteiger partial charge in [-0.25, -0.2) is 0 Å². The number of hydrogen-bond donors (Lipinski definition) is 0. The molecule has 0 aromatic carbocycles. The Labute approximate surface area is 495 Å². The van der Waals surface area contributed by atoms with Crippen molar-refractivity contribution in [2.24, 2.45) is 0 Å². The van der Waals surface area contributed by atoms with Crippen LogP contribution in [0.5, 0.6) is 0 Å². The largest absolute Gasteiger partial charge is 0.462 e. The van der Waals surface area contributed by atoms with Gasteiger partial charge in [-0.2, -0.15) is 0 Å². The summed E-state index contributed by atoms with van der Waals surface area (Å²) < 4.78 is 16.8. The maximum Gasteiger partial charge on any atom is 0.306 e. The van der Waals surface area contributed by atoms with Crippen molar-refractivity contribution in [1.29, 1.82) is 0 Å². The van der Waals surface area contributed by atoms with E-state index in [9.17, 15) is 14.4 Å². The average molecular weight is 1110 g/mol. The summed E-state index contributed by atoms with van der Waals surface area (Å²) in [5.41, 5.74) is 0. The van der Waals surface area contributed by atoms with Crippen LogP contribution in [-0.4, -0.2) is 37.2 Å². The molecule has 0 aliphatic heterocycles. The highest BCUT2D eigenvalue weighted by Gasteiger charge is 2.19. The van der Waals surface area contributed by atoms with Crippen LogP contribution >= 0.6 is 0 Å². The SMILES string of the molecule is CC/C=C\C/C=C\C/C=C\C/C=C\C/C=C\C/C=C\C/C=C\C/C=C\CCCCC(=O)OCC(COC(=O)CCCCCCCCCC)OC(=O)CCCCCCCCCCCCCCCCC/C=C\CCCCCCCCCC. The standard InChI is InChI=1S/C74H126O6/c1-4-7-10-13-16-19-21-23-25-27-29-31-33-35-37-39-41-43-45-47-49-51-53-55-58-61-64-67-73(76)79-70-71(69-78-72(75)66-63-60-57-18-15-12-9-6-3)80-74(77)68-65-62-59-56-54-52-50-48-46-44-42-40-38-36-34-32-30-28-26-24-22-20-17-14-11-8-5-2/h7,10,16,19,23,25,28-31,35,37,41,43,47,49,53,55,71H,4-6,8-9,11-15,17-18,20-22,24,26-27,32-34,36,38-40,42,44-46,48,50-52,54,56-70H2,1-3H3/b10-7-,19-16-,25-23-,30-28-,31-29-,37-35-,43-41-,49-47-,55-53-. The van der Waals surface area contributed by atoms with E-state index in [4.69, 9.17) is 14.2 Å². The molecule has 0 rings (SSSR count). The highest BCUT2D eigenvalue weighted by molar-refractivity contribution is 5.71. The fourth-order valence-electron chi connectivity index (χ4n) is 9.45. The van der Waals surface area contributed by atoms with Crippen molar-refractivity contribution < 1.29 is 28.6 Å². The molecule has 0 aliphatic carbocycles. The van der Waals surface area contributed by atoms with Gasteiger partial charge in [-0.05, 0) is 109 Å². The second kappa shape index (κ2) is 67.6. The van der Waals surface area contributed by atoms with Gasteiger partial charge in [-0.3, -0.25) is 14.4 Å². The summed E-state index contributed by atoms with van der Waals surface area (Å²) in [6, 6.07) is 0. The molecule has 0 N–H and O–H groups in total. The molecule has 0 bridgehead atoms. The Hall–Kier alpha value is -3.93. The third-order valence-corrected chi connectivity index (χ3v) is 14.5. The molecule has 0 amide bonds.